The van der Waals surface area contributed by atoms with E-state index < -0.39 is 0 Å². The van der Waals surface area contributed by atoms with Crippen LogP contribution in [0.1, 0.15) is 6.92 Å². The summed E-state index contributed by atoms with van der Waals surface area (Å²) in [4.78, 5) is 13.4. The fourth-order valence-electron chi connectivity index (χ4n) is 1.19. The van der Waals surface area contributed by atoms with Gasteiger partial charge < -0.3 is 15.0 Å². The number of carbonyl (C=O) groups excluding carboxylic acids is 1. The van der Waals surface area contributed by atoms with Crippen LogP contribution < -0.4 is 5.32 Å². The molecular weight excluding hydrogens is 200 g/mol. The number of rotatable bonds is 3. The fourth-order valence-corrected chi connectivity index (χ4v) is 1.44. The van der Waals surface area contributed by atoms with E-state index >= 15 is 0 Å². The third-order valence-corrected chi connectivity index (χ3v) is 3.21. The Labute approximate surface area is 89.4 Å². The number of nitrogens with one attached hydrogen (secondary N) is 1. The molecule has 1 fully saturated rings. The maximum absolute atomic E-state index is 11.6. The van der Waals surface area contributed by atoms with Crippen molar-refractivity contribution in [3.63, 3.8) is 0 Å². The van der Waals surface area contributed by atoms with Gasteiger partial charge >= 0.3 is 6.03 Å². The van der Waals surface area contributed by atoms with Gasteiger partial charge in [-0.3, -0.25) is 0 Å². The average Bonchev–Trinajstić information content (AvgIpc) is 2.26. The number of ether oxygens (including phenoxy) is 1. The summed E-state index contributed by atoms with van der Waals surface area (Å²) in [5.41, 5.74) is 0. The predicted molar refractivity (Wildman–Crippen MR) is 58.8 cm³/mol. The van der Waals surface area contributed by atoms with Crippen molar-refractivity contribution in [2.45, 2.75) is 12.2 Å². The largest absolute Gasteiger partial charge is 0.378 e. The third kappa shape index (κ3) is 3.75. The monoisotopic (exact) mass is 218 g/mol. The van der Waals surface area contributed by atoms with E-state index in [0.29, 0.717) is 31.6 Å². The van der Waals surface area contributed by atoms with Crippen LogP contribution in [-0.4, -0.2) is 55.3 Å². The number of amides is 2. The van der Waals surface area contributed by atoms with Gasteiger partial charge in [0.15, 0.2) is 0 Å². The maximum Gasteiger partial charge on any atom is 0.317 e. The highest BCUT2D eigenvalue weighted by Gasteiger charge is 2.16. The van der Waals surface area contributed by atoms with Gasteiger partial charge in [-0.25, -0.2) is 4.79 Å². The van der Waals surface area contributed by atoms with Gasteiger partial charge in [0.05, 0.1) is 13.2 Å². The Morgan fingerprint density at radius 3 is 2.79 bits per heavy atom. The van der Waals surface area contributed by atoms with E-state index in [1.54, 1.807) is 16.7 Å². The van der Waals surface area contributed by atoms with Crippen LogP contribution in [0.2, 0.25) is 0 Å². The lowest BCUT2D eigenvalue weighted by Crippen LogP contribution is -2.47. The molecule has 1 saturated heterocycles. The first-order valence-corrected chi connectivity index (χ1v) is 6.16. The molecule has 0 saturated carbocycles. The molecule has 1 aliphatic heterocycles. The van der Waals surface area contributed by atoms with Crippen LogP contribution in [0.3, 0.4) is 0 Å². The minimum Gasteiger partial charge on any atom is -0.378 e. The van der Waals surface area contributed by atoms with E-state index in [1.807, 2.05) is 6.26 Å². The molecule has 0 bridgehead atoms. The number of urea groups is 1. The van der Waals surface area contributed by atoms with Gasteiger partial charge in [0.25, 0.3) is 0 Å². The molecule has 1 aliphatic rings. The van der Waals surface area contributed by atoms with Crippen molar-refractivity contribution in [3.8, 4) is 0 Å². The SMILES string of the molecule is CSC(C)CNC(=O)N1CCOCC1. The summed E-state index contributed by atoms with van der Waals surface area (Å²) in [5.74, 6) is 0. The van der Waals surface area contributed by atoms with Crippen LogP contribution in [0.5, 0.6) is 0 Å². The van der Waals surface area contributed by atoms with Gasteiger partial charge in [0.1, 0.15) is 0 Å². The molecule has 0 aromatic heterocycles. The van der Waals surface area contributed by atoms with Gasteiger partial charge in [0.2, 0.25) is 0 Å². The summed E-state index contributed by atoms with van der Waals surface area (Å²) < 4.78 is 5.17. The summed E-state index contributed by atoms with van der Waals surface area (Å²) in [6, 6.07) is 0.0363. The molecule has 82 valence electrons. The first-order chi connectivity index (χ1) is 6.74. The Morgan fingerprint density at radius 1 is 1.57 bits per heavy atom. The Kier molecular flexibility index (Phi) is 5.11. The van der Waals surface area contributed by atoms with Crippen LogP contribution in [0, 0.1) is 0 Å². The quantitative estimate of drug-likeness (QED) is 0.761. The highest BCUT2D eigenvalue weighted by Crippen LogP contribution is 2.03. The molecule has 0 radical (unpaired) electrons. The molecule has 1 N–H and O–H groups in total. The van der Waals surface area contributed by atoms with Gasteiger partial charge in [-0.1, -0.05) is 6.92 Å². The zero-order valence-corrected chi connectivity index (χ0v) is 9.60. The lowest BCUT2D eigenvalue weighted by atomic mass is 10.4. The lowest BCUT2D eigenvalue weighted by Gasteiger charge is -2.27. The van der Waals surface area contributed by atoms with E-state index in [2.05, 4.69) is 12.2 Å². The van der Waals surface area contributed by atoms with Crippen molar-refractivity contribution >= 4 is 17.8 Å². The molecule has 5 heteroatoms. The molecule has 1 heterocycles. The first kappa shape index (κ1) is 11.7. The summed E-state index contributed by atoms with van der Waals surface area (Å²) in [6.07, 6.45) is 2.05. The van der Waals surface area contributed by atoms with E-state index in [1.165, 1.54) is 0 Å². The normalized spacial score (nSPS) is 19.1. The van der Waals surface area contributed by atoms with Crippen molar-refractivity contribution in [1.82, 2.24) is 10.2 Å². The minimum absolute atomic E-state index is 0.0363. The molecule has 0 spiro atoms. The van der Waals surface area contributed by atoms with Crippen molar-refractivity contribution in [2.75, 3.05) is 39.1 Å². The number of morpholine rings is 1. The number of hydrogen-bond donors (Lipinski definition) is 1. The second kappa shape index (κ2) is 6.14. The molecule has 1 unspecified atom stereocenters. The Balaban J connectivity index is 2.19. The Morgan fingerprint density at radius 2 is 2.21 bits per heavy atom. The van der Waals surface area contributed by atoms with E-state index in [0.717, 1.165) is 6.54 Å². The number of nitrogens with zero attached hydrogens (tertiary/aromatic N) is 1. The molecular formula is C9H18N2O2S. The van der Waals surface area contributed by atoms with Crippen LogP contribution in [-0.2, 0) is 4.74 Å². The summed E-state index contributed by atoms with van der Waals surface area (Å²) in [5, 5.41) is 3.39. The number of hydrogen-bond acceptors (Lipinski definition) is 3. The van der Waals surface area contributed by atoms with Gasteiger partial charge in [-0.2, -0.15) is 11.8 Å². The second-order valence-corrected chi connectivity index (χ2v) is 4.61. The van der Waals surface area contributed by atoms with Crippen LogP contribution >= 0.6 is 11.8 Å². The molecule has 2 amide bonds. The van der Waals surface area contributed by atoms with Crippen molar-refractivity contribution in [2.24, 2.45) is 0 Å². The zero-order valence-electron chi connectivity index (χ0n) is 8.78. The van der Waals surface area contributed by atoms with E-state index in [-0.39, 0.29) is 6.03 Å². The second-order valence-electron chi connectivity index (χ2n) is 3.33. The van der Waals surface area contributed by atoms with E-state index in [9.17, 15) is 4.79 Å². The summed E-state index contributed by atoms with van der Waals surface area (Å²) in [6.45, 7) is 5.57. The maximum atomic E-state index is 11.6. The first-order valence-electron chi connectivity index (χ1n) is 4.87. The van der Waals surface area contributed by atoms with Crippen LogP contribution in [0.15, 0.2) is 0 Å². The average molecular weight is 218 g/mol. The van der Waals surface area contributed by atoms with Crippen LogP contribution in [0.25, 0.3) is 0 Å². The zero-order chi connectivity index (χ0) is 10.4. The molecule has 14 heavy (non-hydrogen) atoms. The smallest absolute Gasteiger partial charge is 0.317 e. The molecule has 4 nitrogen and oxygen atoms in total. The van der Waals surface area contributed by atoms with Crippen molar-refractivity contribution < 1.29 is 9.53 Å². The minimum atomic E-state index is 0.0363. The predicted octanol–water partition coefficient (Wildman–Crippen LogP) is 0.780. The number of carbonyl (C=O) groups is 1. The summed E-state index contributed by atoms with van der Waals surface area (Å²) in [7, 11) is 0. The van der Waals surface area contributed by atoms with Gasteiger partial charge in [-0.05, 0) is 6.26 Å². The molecule has 0 aliphatic carbocycles. The van der Waals surface area contributed by atoms with E-state index in [4.69, 9.17) is 4.74 Å². The molecule has 1 rings (SSSR count). The van der Waals surface area contributed by atoms with Crippen LogP contribution in [0.4, 0.5) is 4.79 Å². The highest BCUT2D eigenvalue weighted by atomic mass is 32.2. The Hall–Kier alpha value is -0.420. The standard InChI is InChI=1S/C9H18N2O2S/c1-8(14-2)7-10-9(12)11-3-5-13-6-4-11/h8H,3-7H2,1-2H3,(H,10,12). The van der Waals surface area contributed by atoms with Crippen molar-refractivity contribution in [1.29, 1.82) is 0 Å². The summed E-state index contributed by atoms with van der Waals surface area (Å²) >= 11 is 1.76. The topological polar surface area (TPSA) is 41.6 Å². The molecule has 0 aromatic rings. The lowest BCUT2D eigenvalue weighted by molar-refractivity contribution is 0.0533. The number of thioether (sulfide) groups is 1. The van der Waals surface area contributed by atoms with Gasteiger partial charge in [0, 0.05) is 24.9 Å². The molecule has 0 aromatic carbocycles. The van der Waals surface area contributed by atoms with Gasteiger partial charge in [-0.15, -0.1) is 0 Å². The van der Waals surface area contributed by atoms with Crippen molar-refractivity contribution in [3.05, 3.63) is 0 Å². The Bertz CT molecular complexity index is 184. The molecule has 1 atom stereocenters. The third-order valence-electron chi connectivity index (χ3n) is 2.24. The fraction of sp³-hybridized carbons (Fsp3) is 0.889. The highest BCUT2D eigenvalue weighted by molar-refractivity contribution is 7.99.